The first-order chi connectivity index (χ1) is 12.7. The van der Waals surface area contributed by atoms with Gasteiger partial charge in [0, 0.05) is 43.5 Å². The number of fused-ring (bicyclic) bond motifs is 1. The number of morpholine rings is 1. The summed E-state index contributed by atoms with van der Waals surface area (Å²) >= 11 is 0. The fourth-order valence-corrected chi connectivity index (χ4v) is 3.43. The Hall–Kier alpha value is -2.45. The molecular formula is C18H23N5O3. The number of hydrogen-bond acceptors (Lipinski definition) is 7. The predicted octanol–water partition coefficient (Wildman–Crippen LogP) is 0.705. The van der Waals surface area contributed by atoms with Crippen LogP contribution < -0.4 is 15.2 Å². The lowest BCUT2D eigenvalue weighted by atomic mass is 10.2. The Balaban J connectivity index is 1.44. The van der Waals surface area contributed by atoms with Crippen molar-refractivity contribution in [2.45, 2.75) is 20.0 Å². The van der Waals surface area contributed by atoms with E-state index in [9.17, 15) is 4.79 Å². The number of anilines is 1. The van der Waals surface area contributed by atoms with Crippen molar-refractivity contribution in [3.8, 4) is 5.75 Å². The quantitative estimate of drug-likeness (QED) is 0.843. The summed E-state index contributed by atoms with van der Waals surface area (Å²) in [4.78, 5) is 20.8. The molecule has 26 heavy (non-hydrogen) atoms. The smallest absolute Gasteiger partial charge is 0.269 e. The normalized spacial score (nSPS) is 17.3. The number of aromatic nitrogens is 3. The molecule has 4 heterocycles. The number of aromatic amines is 1. The van der Waals surface area contributed by atoms with Gasteiger partial charge in [0.2, 0.25) is 0 Å². The molecule has 0 atom stereocenters. The fraction of sp³-hybridized carbons (Fsp3) is 0.500. The highest BCUT2D eigenvalue weighted by molar-refractivity contribution is 5.55. The maximum Gasteiger partial charge on any atom is 0.269 e. The van der Waals surface area contributed by atoms with Crippen molar-refractivity contribution < 1.29 is 9.47 Å². The summed E-state index contributed by atoms with van der Waals surface area (Å²) in [5.74, 6) is 0.876. The molecule has 1 fully saturated rings. The number of rotatable bonds is 5. The molecular weight excluding hydrogens is 334 g/mol. The molecule has 2 aromatic heterocycles. The minimum absolute atomic E-state index is 0.159. The molecule has 0 radical (unpaired) electrons. The molecule has 0 bridgehead atoms. The first-order valence-electron chi connectivity index (χ1n) is 8.91. The summed E-state index contributed by atoms with van der Waals surface area (Å²) in [5.41, 5.74) is 3.43. The third-order valence-corrected chi connectivity index (χ3v) is 4.98. The van der Waals surface area contributed by atoms with Gasteiger partial charge >= 0.3 is 0 Å². The molecule has 2 aliphatic heterocycles. The highest BCUT2D eigenvalue weighted by Gasteiger charge is 2.25. The molecule has 2 aromatic rings. The van der Waals surface area contributed by atoms with Crippen LogP contribution >= 0.6 is 0 Å². The van der Waals surface area contributed by atoms with E-state index in [1.54, 1.807) is 12.4 Å². The van der Waals surface area contributed by atoms with Gasteiger partial charge in [0.05, 0.1) is 37.3 Å². The SMILES string of the molecule is Cc1c(N2Cc3nccc(OCCN4CCOCC4)c3C2)cn[nH]c1=O. The van der Waals surface area contributed by atoms with Crippen molar-refractivity contribution in [1.82, 2.24) is 20.1 Å². The first kappa shape index (κ1) is 17.0. The van der Waals surface area contributed by atoms with E-state index in [4.69, 9.17) is 9.47 Å². The van der Waals surface area contributed by atoms with Gasteiger partial charge in [-0.3, -0.25) is 14.7 Å². The van der Waals surface area contributed by atoms with Gasteiger partial charge < -0.3 is 14.4 Å². The molecule has 138 valence electrons. The Kier molecular flexibility index (Phi) is 4.85. The molecule has 2 aliphatic rings. The molecule has 0 spiro atoms. The van der Waals surface area contributed by atoms with Crippen LogP contribution in [0.15, 0.2) is 23.3 Å². The van der Waals surface area contributed by atoms with E-state index in [1.807, 2.05) is 13.0 Å². The van der Waals surface area contributed by atoms with E-state index in [-0.39, 0.29) is 5.56 Å². The summed E-state index contributed by atoms with van der Waals surface area (Å²) in [6.45, 7) is 8.17. The maximum atomic E-state index is 11.8. The Bertz CT molecular complexity index is 832. The van der Waals surface area contributed by atoms with Gasteiger partial charge in [-0.25, -0.2) is 5.10 Å². The predicted molar refractivity (Wildman–Crippen MR) is 96.5 cm³/mol. The second-order valence-corrected chi connectivity index (χ2v) is 6.60. The van der Waals surface area contributed by atoms with Crippen molar-refractivity contribution in [3.63, 3.8) is 0 Å². The zero-order chi connectivity index (χ0) is 17.9. The van der Waals surface area contributed by atoms with Crippen LogP contribution in [0.4, 0.5) is 5.69 Å². The Labute approximate surface area is 151 Å². The zero-order valence-corrected chi connectivity index (χ0v) is 14.9. The van der Waals surface area contributed by atoms with E-state index >= 15 is 0 Å². The van der Waals surface area contributed by atoms with Crippen LogP contribution in [-0.2, 0) is 17.8 Å². The van der Waals surface area contributed by atoms with Crippen LogP contribution in [-0.4, -0.2) is 59.5 Å². The summed E-state index contributed by atoms with van der Waals surface area (Å²) in [6, 6.07) is 1.92. The molecule has 0 aromatic carbocycles. The first-order valence-corrected chi connectivity index (χ1v) is 8.91. The summed E-state index contributed by atoms with van der Waals surface area (Å²) < 4.78 is 11.4. The number of ether oxygens (including phenoxy) is 2. The second kappa shape index (κ2) is 7.43. The van der Waals surface area contributed by atoms with Crippen LogP contribution in [0.3, 0.4) is 0 Å². The average Bonchev–Trinajstić information content (AvgIpc) is 3.10. The lowest BCUT2D eigenvalue weighted by Gasteiger charge is -2.26. The van der Waals surface area contributed by atoms with Gasteiger partial charge in [0.15, 0.2) is 0 Å². The van der Waals surface area contributed by atoms with Crippen molar-refractivity contribution in [2.24, 2.45) is 0 Å². The van der Waals surface area contributed by atoms with Crippen molar-refractivity contribution in [2.75, 3.05) is 44.4 Å². The van der Waals surface area contributed by atoms with Crippen LogP contribution in [0.5, 0.6) is 5.75 Å². The minimum atomic E-state index is -0.159. The number of H-pyrrole nitrogens is 1. The topological polar surface area (TPSA) is 83.6 Å². The van der Waals surface area contributed by atoms with E-state index in [2.05, 4.69) is 25.0 Å². The summed E-state index contributed by atoms with van der Waals surface area (Å²) in [5, 5.41) is 6.40. The van der Waals surface area contributed by atoms with E-state index in [0.717, 1.165) is 55.5 Å². The van der Waals surface area contributed by atoms with Gasteiger partial charge in [-0.1, -0.05) is 0 Å². The number of pyridine rings is 1. The largest absolute Gasteiger partial charge is 0.492 e. The van der Waals surface area contributed by atoms with Gasteiger partial charge in [0.1, 0.15) is 12.4 Å². The van der Waals surface area contributed by atoms with Crippen LogP contribution in [0.1, 0.15) is 16.8 Å². The Morgan fingerprint density at radius 1 is 1.31 bits per heavy atom. The average molecular weight is 357 g/mol. The summed E-state index contributed by atoms with van der Waals surface area (Å²) in [7, 11) is 0. The monoisotopic (exact) mass is 357 g/mol. The van der Waals surface area contributed by atoms with Gasteiger partial charge in [-0.2, -0.15) is 5.10 Å². The molecule has 8 heteroatoms. The van der Waals surface area contributed by atoms with E-state index in [0.29, 0.717) is 25.3 Å². The Morgan fingerprint density at radius 2 is 2.15 bits per heavy atom. The maximum absolute atomic E-state index is 11.8. The summed E-state index contributed by atoms with van der Waals surface area (Å²) in [6.07, 6.45) is 3.48. The van der Waals surface area contributed by atoms with Crippen molar-refractivity contribution in [3.05, 3.63) is 45.6 Å². The van der Waals surface area contributed by atoms with E-state index < -0.39 is 0 Å². The van der Waals surface area contributed by atoms with E-state index in [1.165, 1.54) is 0 Å². The van der Waals surface area contributed by atoms with Crippen molar-refractivity contribution in [1.29, 1.82) is 0 Å². The molecule has 1 saturated heterocycles. The van der Waals surface area contributed by atoms with Gasteiger partial charge in [-0.05, 0) is 13.0 Å². The fourth-order valence-electron chi connectivity index (χ4n) is 3.43. The number of hydrogen-bond donors (Lipinski definition) is 1. The molecule has 0 amide bonds. The number of nitrogens with one attached hydrogen (secondary N) is 1. The highest BCUT2D eigenvalue weighted by atomic mass is 16.5. The lowest BCUT2D eigenvalue weighted by molar-refractivity contribution is 0.0322. The van der Waals surface area contributed by atoms with Gasteiger partial charge in [-0.15, -0.1) is 0 Å². The standard InChI is InChI=1S/C18H23N5O3/c1-13-16(10-20-21-18(13)24)23-11-14-15(12-23)19-3-2-17(14)26-9-6-22-4-7-25-8-5-22/h2-3,10H,4-9,11-12H2,1H3,(H,21,24). The van der Waals surface area contributed by atoms with Crippen molar-refractivity contribution >= 4 is 5.69 Å². The third-order valence-electron chi connectivity index (χ3n) is 4.98. The Morgan fingerprint density at radius 3 is 3.00 bits per heavy atom. The second-order valence-electron chi connectivity index (χ2n) is 6.60. The van der Waals surface area contributed by atoms with Crippen LogP contribution in [0, 0.1) is 6.92 Å². The van der Waals surface area contributed by atoms with Crippen LogP contribution in [0.2, 0.25) is 0 Å². The van der Waals surface area contributed by atoms with Gasteiger partial charge in [0.25, 0.3) is 5.56 Å². The molecule has 4 rings (SSSR count). The third kappa shape index (κ3) is 3.42. The number of nitrogens with zero attached hydrogens (tertiary/aromatic N) is 4. The highest BCUT2D eigenvalue weighted by Crippen LogP contribution is 2.32. The molecule has 0 unspecified atom stereocenters. The molecule has 8 nitrogen and oxygen atoms in total. The minimum Gasteiger partial charge on any atom is -0.492 e. The molecule has 0 saturated carbocycles. The zero-order valence-electron chi connectivity index (χ0n) is 14.9. The molecule has 0 aliphatic carbocycles. The molecule has 1 N–H and O–H groups in total. The lowest BCUT2D eigenvalue weighted by Crippen LogP contribution is -2.38. The van der Waals surface area contributed by atoms with Crippen LogP contribution in [0.25, 0.3) is 0 Å².